The Labute approximate surface area is 248 Å². The summed E-state index contributed by atoms with van der Waals surface area (Å²) in [7, 11) is 0. The average Bonchev–Trinajstić information content (AvgIpc) is 2.96. The van der Waals surface area contributed by atoms with E-state index in [9.17, 15) is 55.2 Å². The lowest BCUT2D eigenvalue weighted by Gasteiger charge is -2.49. The van der Waals surface area contributed by atoms with Gasteiger partial charge in [0, 0.05) is 30.9 Å². The van der Waals surface area contributed by atoms with E-state index < -0.39 is 104 Å². The number of ether oxygens (including phenoxy) is 4. The second-order valence-corrected chi connectivity index (χ2v) is 10.7. The molecule has 1 aromatic heterocycles. The SMILES string of the molecule is CC(=O)N[C@H]1[C@H]([C@H](O)[C@H](O)CO)O[C@@](O[C@H]2[C@@H](O)[C@@H](CO)O[C@@H](Oc3ccc4c(C)cc(=O)oc4c3)[C@@H]2O)(C(=O)O)C[C@@H]1O. The summed E-state index contributed by atoms with van der Waals surface area (Å²) in [6.07, 6.45) is -17.6. The third-order valence-electron chi connectivity index (χ3n) is 7.51. The number of aliphatic hydroxyl groups excluding tert-OH is 7. The highest BCUT2D eigenvalue weighted by Crippen LogP contribution is 2.38. The summed E-state index contributed by atoms with van der Waals surface area (Å²) in [6, 6.07) is 4.16. The van der Waals surface area contributed by atoms with Crippen molar-refractivity contribution in [1.29, 1.82) is 0 Å². The maximum atomic E-state index is 12.6. The molecule has 2 aliphatic heterocycles. The molecule has 2 aliphatic rings. The number of fused-ring (bicyclic) bond motifs is 1. The number of rotatable bonds is 10. The minimum Gasteiger partial charge on any atom is -0.477 e. The van der Waals surface area contributed by atoms with Crippen LogP contribution in [0.5, 0.6) is 5.75 Å². The number of carboxylic acids is 1. The maximum absolute atomic E-state index is 12.6. The monoisotopic (exact) mass is 629 g/mol. The molecule has 2 fully saturated rings. The van der Waals surface area contributed by atoms with E-state index in [1.807, 2.05) is 0 Å². The molecule has 0 bridgehead atoms. The zero-order valence-electron chi connectivity index (χ0n) is 23.5. The van der Waals surface area contributed by atoms with Gasteiger partial charge in [-0.1, -0.05) is 0 Å². The number of benzene rings is 1. The molecule has 4 rings (SSSR count). The minimum atomic E-state index is -2.92. The summed E-state index contributed by atoms with van der Waals surface area (Å²) < 4.78 is 27.6. The molecule has 2 saturated heterocycles. The van der Waals surface area contributed by atoms with E-state index in [4.69, 9.17) is 23.4 Å². The standard InChI is InChI=1S/C27H35NO16/c1-10-5-18(34)41-16-6-12(3-4-13(10)16)40-25-22(37)24(21(36)17(9-30)42-25)44-27(26(38)39)7-14(32)19(28-11(2)31)23(43-27)20(35)15(33)8-29/h3-6,14-15,17,19-25,29-30,32-33,35-37H,7-9H2,1-2H3,(H,28,31)(H,38,39)/t14-,15+,17+,19+,20+,21-,22+,23+,24-,25+,27-/m0/s1. The van der Waals surface area contributed by atoms with Crippen LogP contribution in [0.2, 0.25) is 0 Å². The van der Waals surface area contributed by atoms with Gasteiger partial charge in [0.25, 0.3) is 5.79 Å². The summed E-state index contributed by atoms with van der Waals surface area (Å²) in [5, 5.41) is 85.8. The van der Waals surface area contributed by atoms with Crippen molar-refractivity contribution < 1.29 is 73.8 Å². The van der Waals surface area contributed by atoms with Crippen LogP contribution in [0.3, 0.4) is 0 Å². The van der Waals surface area contributed by atoms with E-state index >= 15 is 0 Å². The zero-order chi connectivity index (χ0) is 32.5. The molecule has 9 N–H and O–H groups in total. The highest BCUT2D eigenvalue weighted by atomic mass is 16.8. The quantitative estimate of drug-likeness (QED) is 0.115. The van der Waals surface area contributed by atoms with Crippen molar-refractivity contribution in [2.24, 2.45) is 0 Å². The van der Waals surface area contributed by atoms with Gasteiger partial charge in [-0.2, -0.15) is 0 Å². The van der Waals surface area contributed by atoms with Gasteiger partial charge in [0.1, 0.15) is 54.1 Å². The Kier molecular flexibility index (Phi) is 10.3. The molecular weight excluding hydrogens is 594 g/mol. The lowest BCUT2D eigenvalue weighted by molar-refractivity contribution is -0.363. The van der Waals surface area contributed by atoms with Crippen molar-refractivity contribution in [3.63, 3.8) is 0 Å². The lowest BCUT2D eigenvalue weighted by Crippen LogP contribution is -2.70. The van der Waals surface area contributed by atoms with Crippen LogP contribution in [-0.2, 0) is 23.8 Å². The van der Waals surface area contributed by atoms with Gasteiger partial charge in [-0.25, -0.2) is 9.59 Å². The number of carboxylic acid groups (broad SMARTS) is 1. The number of hydrogen-bond donors (Lipinski definition) is 9. The fourth-order valence-electron chi connectivity index (χ4n) is 5.27. The number of carbonyl (C=O) groups excluding carboxylic acids is 1. The fourth-order valence-corrected chi connectivity index (χ4v) is 5.27. The van der Waals surface area contributed by atoms with Gasteiger partial charge in [0.15, 0.2) is 0 Å². The van der Waals surface area contributed by atoms with E-state index in [0.29, 0.717) is 10.9 Å². The Balaban J connectivity index is 1.66. The van der Waals surface area contributed by atoms with Gasteiger partial charge >= 0.3 is 11.6 Å². The van der Waals surface area contributed by atoms with Gasteiger partial charge in [-0.15, -0.1) is 0 Å². The van der Waals surface area contributed by atoms with Crippen molar-refractivity contribution in [3.8, 4) is 5.75 Å². The van der Waals surface area contributed by atoms with Gasteiger partial charge in [0.05, 0.1) is 25.4 Å². The van der Waals surface area contributed by atoms with E-state index in [-0.39, 0.29) is 11.3 Å². The molecule has 0 saturated carbocycles. The second kappa shape index (κ2) is 13.4. The predicted molar refractivity (Wildman–Crippen MR) is 143 cm³/mol. The largest absolute Gasteiger partial charge is 0.477 e. The first-order chi connectivity index (χ1) is 20.7. The smallest absolute Gasteiger partial charge is 0.364 e. The lowest BCUT2D eigenvalue weighted by atomic mass is 9.88. The summed E-state index contributed by atoms with van der Waals surface area (Å²) >= 11 is 0. The molecule has 11 atom stereocenters. The van der Waals surface area contributed by atoms with Gasteiger partial charge < -0.3 is 69.5 Å². The Morgan fingerprint density at radius 2 is 1.84 bits per heavy atom. The molecule has 17 heteroatoms. The highest BCUT2D eigenvalue weighted by Gasteiger charge is 2.59. The molecule has 17 nitrogen and oxygen atoms in total. The first-order valence-corrected chi connectivity index (χ1v) is 13.6. The summed E-state index contributed by atoms with van der Waals surface area (Å²) in [6.45, 7) is 0.912. The first-order valence-electron chi connectivity index (χ1n) is 13.6. The molecule has 1 amide bonds. The van der Waals surface area contributed by atoms with Crippen molar-refractivity contribution in [1.82, 2.24) is 5.32 Å². The van der Waals surface area contributed by atoms with E-state index in [1.54, 1.807) is 13.0 Å². The number of hydrogen-bond acceptors (Lipinski definition) is 15. The second-order valence-electron chi connectivity index (χ2n) is 10.7. The van der Waals surface area contributed by atoms with E-state index in [2.05, 4.69) is 5.32 Å². The topological polar surface area (TPSA) is 275 Å². The molecule has 2 aromatic rings. The summed E-state index contributed by atoms with van der Waals surface area (Å²) in [5.74, 6) is -5.51. The number of aliphatic hydroxyl groups is 7. The van der Waals surface area contributed by atoms with Crippen LogP contribution >= 0.6 is 0 Å². The van der Waals surface area contributed by atoms with Crippen LogP contribution in [0.4, 0.5) is 0 Å². The molecule has 44 heavy (non-hydrogen) atoms. The number of aryl methyl sites for hydroxylation is 1. The van der Waals surface area contributed by atoms with Crippen molar-refractivity contribution in [3.05, 3.63) is 40.2 Å². The summed E-state index contributed by atoms with van der Waals surface area (Å²) in [5.41, 5.74) is 0.141. The van der Waals surface area contributed by atoms with E-state index in [1.165, 1.54) is 18.2 Å². The van der Waals surface area contributed by atoms with Crippen LogP contribution in [-0.4, -0.2) is 133 Å². The molecular formula is C27H35NO16. The highest BCUT2D eigenvalue weighted by molar-refractivity contribution is 5.81. The van der Waals surface area contributed by atoms with Crippen LogP contribution in [0.15, 0.2) is 33.5 Å². The number of amides is 1. The molecule has 3 heterocycles. The van der Waals surface area contributed by atoms with Crippen molar-refractivity contribution in [2.45, 2.75) is 87.2 Å². The Morgan fingerprint density at radius 1 is 1.14 bits per heavy atom. The molecule has 244 valence electrons. The third-order valence-corrected chi connectivity index (χ3v) is 7.51. The first kappa shape index (κ1) is 33.7. The number of carbonyl (C=O) groups is 2. The molecule has 0 aliphatic carbocycles. The van der Waals surface area contributed by atoms with E-state index in [0.717, 1.165) is 6.92 Å². The van der Waals surface area contributed by atoms with Gasteiger partial charge in [0.2, 0.25) is 12.2 Å². The van der Waals surface area contributed by atoms with Crippen molar-refractivity contribution >= 4 is 22.8 Å². The third kappa shape index (κ3) is 6.71. The Bertz CT molecular complexity index is 1400. The molecule has 0 spiro atoms. The van der Waals surface area contributed by atoms with Gasteiger partial charge in [-0.3, -0.25) is 4.79 Å². The Hall–Kier alpha value is -3.23. The van der Waals surface area contributed by atoms with Crippen LogP contribution in [0, 0.1) is 6.92 Å². The van der Waals surface area contributed by atoms with Crippen LogP contribution < -0.4 is 15.7 Å². The molecule has 0 unspecified atom stereocenters. The average molecular weight is 630 g/mol. The number of nitrogens with one attached hydrogen (secondary N) is 1. The summed E-state index contributed by atoms with van der Waals surface area (Å²) in [4.78, 5) is 36.2. The minimum absolute atomic E-state index is 0.0127. The molecule has 1 aromatic carbocycles. The van der Waals surface area contributed by atoms with Gasteiger partial charge in [-0.05, 0) is 24.6 Å². The zero-order valence-corrected chi connectivity index (χ0v) is 23.5. The predicted octanol–water partition coefficient (Wildman–Crippen LogP) is -3.55. The Morgan fingerprint density at radius 3 is 2.45 bits per heavy atom. The van der Waals surface area contributed by atoms with Crippen LogP contribution in [0.1, 0.15) is 18.9 Å². The maximum Gasteiger partial charge on any atom is 0.364 e. The fraction of sp³-hybridized carbons (Fsp3) is 0.593. The normalized spacial score (nSPS) is 33.8. The number of aliphatic carboxylic acids is 1. The van der Waals surface area contributed by atoms with Crippen LogP contribution in [0.25, 0.3) is 11.0 Å². The molecule has 0 radical (unpaired) electrons. The van der Waals surface area contributed by atoms with Crippen molar-refractivity contribution in [2.75, 3.05) is 13.2 Å².